The van der Waals surface area contributed by atoms with Crippen molar-refractivity contribution in [1.29, 1.82) is 0 Å². The molecule has 1 amide bonds. The number of sulfonamides is 1. The molecule has 8 heteroatoms. The third kappa shape index (κ3) is 5.70. The third-order valence-corrected chi connectivity index (χ3v) is 4.78. The predicted molar refractivity (Wildman–Crippen MR) is 102 cm³/mol. The van der Waals surface area contributed by atoms with Gasteiger partial charge in [-0.2, -0.15) is 0 Å². The zero-order valence-electron chi connectivity index (χ0n) is 15.0. The van der Waals surface area contributed by atoms with Crippen molar-refractivity contribution in [3.8, 4) is 11.5 Å². The molecule has 0 aromatic heterocycles. The lowest BCUT2D eigenvalue weighted by Gasteiger charge is -2.26. The number of hydrogen-bond donors (Lipinski definition) is 2. The van der Waals surface area contributed by atoms with E-state index in [1.54, 1.807) is 12.1 Å². The number of benzene rings is 2. The summed E-state index contributed by atoms with van der Waals surface area (Å²) in [5.74, 6) is 1.19. The fraction of sp³-hybridized carbons (Fsp3) is 0.316. The molecule has 3 rings (SSSR count). The average molecular weight is 390 g/mol. The van der Waals surface area contributed by atoms with Gasteiger partial charge in [-0.25, -0.2) is 13.1 Å². The highest BCUT2D eigenvalue weighted by atomic mass is 32.2. The van der Waals surface area contributed by atoms with E-state index in [0.29, 0.717) is 43.2 Å². The van der Waals surface area contributed by atoms with Crippen molar-refractivity contribution in [1.82, 2.24) is 10.0 Å². The zero-order chi connectivity index (χ0) is 19.3. The molecule has 0 radical (unpaired) electrons. The van der Waals surface area contributed by atoms with E-state index in [9.17, 15) is 13.2 Å². The molecule has 0 fully saturated rings. The Hall–Kier alpha value is -2.58. The number of para-hydroxylation sites is 2. The van der Waals surface area contributed by atoms with Gasteiger partial charge in [0, 0.05) is 12.1 Å². The second-order valence-electron chi connectivity index (χ2n) is 6.32. The van der Waals surface area contributed by atoms with Gasteiger partial charge in [-0.3, -0.25) is 4.79 Å². The molecule has 0 saturated carbocycles. The van der Waals surface area contributed by atoms with Crippen LogP contribution in [0.3, 0.4) is 0 Å². The first-order chi connectivity index (χ1) is 12.9. The molecule has 0 aliphatic carbocycles. The van der Waals surface area contributed by atoms with Crippen LogP contribution in [0, 0.1) is 0 Å². The van der Waals surface area contributed by atoms with Crippen LogP contribution in [0.25, 0.3) is 0 Å². The highest BCUT2D eigenvalue weighted by Crippen LogP contribution is 2.30. The minimum Gasteiger partial charge on any atom is -0.486 e. The molecule has 1 atom stereocenters. The van der Waals surface area contributed by atoms with Gasteiger partial charge in [0.1, 0.15) is 12.7 Å². The molecule has 1 unspecified atom stereocenters. The lowest BCUT2D eigenvalue weighted by atomic mass is 10.1. The normalized spacial score (nSPS) is 16.0. The Morgan fingerprint density at radius 1 is 1.11 bits per heavy atom. The zero-order valence-corrected chi connectivity index (χ0v) is 15.8. The summed E-state index contributed by atoms with van der Waals surface area (Å²) in [6.07, 6.45) is 1.44. The van der Waals surface area contributed by atoms with E-state index in [2.05, 4.69) is 10.0 Å². The van der Waals surface area contributed by atoms with Crippen molar-refractivity contribution in [2.45, 2.75) is 12.5 Å². The van der Waals surface area contributed by atoms with Crippen molar-refractivity contribution >= 4 is 15.9 Å². The van der Waals surface area contributed by atoms with Gasteiger partial charge in [0.15, 0.2) is 11.5 Å². The minimum atomic E-state index is -3.19. The smallest absolute Gasteiger partial charge is 0.251 e. The average Bonchev–Trinajstić information content (AvgIpc) is 2.65. The number of hydrogen-bond acceptors (Lipinski definition) is 5. The summed E-state index contributed by atoms with van der Waals surface area (Å²) in [6.45, 7) is 1.04. The van der Waals surface area contributed by atoms with Crippen LogP contribution in [0.1, 0.15) is 15.9 Å². The van der Waals surface area contributed by atoms with Gasteiger partial charge in [-0.05, 0) is 36.2 Å². The van der Waals surface area contributed by atoms with Crippen molar-refractivity contribution in [2.75, 3.05) is 26.0 Å². The first-order valence-corrected chi connectivity index (χ1v) is 10.5. The monoisotopic (exact) mass is 390 g/mol. The van der Waals surface area contributed by atoms with E-state index >= 15 is 0 Å². The quantitative estimate of drug-likeness (QED) is 0.744. The Morgan fingerprint density at radius 2 is 1.81 bits per heavy atom. The molecule has 1 aliphatic heterocycles. The van der Waals surface area contributed by atoms with Crippen LogP contribution in [0.4, 0.5) is 0 Å². The molecule has 144 valence electrons. The number of fused-ring (bicyclic) bond motifs is 1. The Morgan fingerprint density at radius 3 is 2.52 bits per heavy atom. The molecular formula is C19H22N2O5S. The SMILES string of the molecule is CS(=O)(=O)NCCc1ccc(C(=O)NCC2COc3ccccc3O2)cc1. The van der Waals surface area contributed by atoms with E-state index in [1.165, 1.54) is 0 Å². The summed E-state index contributed by atoms with van der Waals surface area (Å²) in [7, 11) is -3.19. The molecule has 0 saturated heterocycles. The first kappa shape index (κ1) is 19.2. The molecule has 2 aromatic rings. The Bertz CT molecular complexity index is 897. The summed E-state index contributed by atoms with van der Waals surface area (Å²) >= 11 is 0. The third-order valence-electron chi connectivity index (χ3n) is 4.05. The Kier molecular flexibility index (Phi) is 5.98. The van der Waals surface area contributed by atoms with Gasteiger partial charge in [0.25, 0.3) is 5.91 Å². The van der Waals surface area contributed by atoms with Crippen molar-refractivity contribution in [2.24, 2.45) is 0 Å². The summed E-state index contributed by atoms with van der Waals surface area (Å²) in [5, 5.41) is 2.85. The molecule has 0 bridgehead atoms. The summed E-state index contributed by atoms with van der Waals surface area (Å²) in [5.41, 5.74) is 1.48. The summed E-state index contributed by atoms with van der Waals surface area (Å²) in [6, 6.07) is 14.5. The highest BCUT2D eigenvalue weighted by molar-refractivity contribution is 7.88. The maximum atomic E-state index is 12.3. The Labute approximate surface area is 158 Å². The maximum Gasteiger partial charge on any atom is 0.251 e. The number of carbonyl (C=O) groups excluding carboxylic acids is 1. The van der Waals surface area contributed by atoms with Gasteiger partial charge in [0.2, 0.25) is 10.0 Å². The van der Waals surface area contributed by atoms with Crippen molar-refractivity contribution in [3.05, 3.63) is 59.7 Å². The van der Waals surface area contributed by atoms with Crippen molar-refractivity contribution < 1.29 is 22.7 Å². The standard InChI is InChI=1S/C19H22N2O5S/c1-27(23,24)21-11-10-14-6-8-15(9-7-14)19(22)20-12-16-13-25-17-4-2-3-5-18(17)26-16/h2-9,16,21H,10-13H2,1H3,(H,20,22). The minimum absolute atomic E-state index is 0.196. The van der Waals surface area contributed by atoms with Crippen LogP contribution in [-0.2, 0) is 16.4 Å². The molecule has 27 heavy (non-hydrogen) atoms. The van der Waals surface area contributed by atoms with Gasteiger partial charge in [-0.1, -0.05) is 24.3 Å². The number of ether oxygens (including phenoxy) is 2. The van der Waals surface area contributed by atoms with E-state index < -0.39 is 10.0 Å². The first-order valence-electron chi connectivity index (χ1n) is 8.61. The molecule has 1 heterocycles. The summed E-state index contributed by atoms with van der Waals surface area (Å²) < 4.78 is 36.0. The number of amides is 1. The Balaban J connectivity index is 1.47. The number of rotatable bonds is 7. The van der Waals surface area contributed by atoms with Gasteiger partial charge in [0.05, 0.1) is 12.8 Å². The van der Waals surface area contributed by atoms with Gasteiger partial charge < -0.3 is 14.8 Å². The second-order valence-corrected chi connectivity index (χ2v) is 8.15. The topological polar surface area (TPSA) is 93.7 Å². The molecule has 0 spiro atoms. The van der Waals surface area contributed by atoms with Crippen molar-refractivity contribution in [3.63, 3.8) is 0 Å². The van der Waals surface area contributed by atoms with E-state index in [-0.39, 0.29) is 12.0 Å². The summed E-state index contributed by atoms with van der Waals surface area (Å²) in [4.78, 5) is 12.3. The second kappa shape index (κ2) is 8.41. The van der Waals surface area contributed by atoms with Crippen LogP contribution in [-0.4, -0.2) is 46.4 Å². The van der Waals surface area contributed by atoms with Crippen LogP contribution >= 0.6 is 0 Å². The highest BCUT2D eigenvalue weighted by Gasteiger charge is 2.21. The van der Waals surface area contributed by atoms with Crippen LogP contribution in [0.15, 0.2) is 48.5 Å². The van der Waals surface area contributed by atoms with Crippen LogP contribution < -0.4 is 19.5 Å². The fourth-order valence-electron chi connectivity index (χ4n) is 2.68. The maximum absolute atomic E-state index is 12.3. The predicted octanol–water partition coefficient (Wildman–Crippen LogP) is 1.35. The van der Waals surface area contributed by atoms with E-state index in [1.807, 2.05) is 36.4 Å². The molecule has 1 aliphatic rings. The number of carbonyl (C=O) groups is 1. The van der Waals surface area contributed by atoms with Gasteiger partial charge >= 0.3 is 0 Å². The van der Waals surface area contributed by atoms with Crippen LogP contribution in [0.5, 0.6) is 11.5 Å². The molecule has 2 aromatic carbocycles. The fourth-order valence-corrected chi connectivity index (χ4v) is 3.15. The van der Waals surface area contributed by atoms with Gasteiger partial charge in [-0.15, -0.1) is 0 Å². The largest absolute Gasteiger partial charge is 0.486 e. The molecule has 7 nitrogen and oxygen atoms in total. The molecule has 2 N–H and O–H groups in total. The van der Waals surface area contributed by atoms with E-state index in [0.717, 1.165) is 11.8 Å². The molecular weight excluding hydrogens is 368 g/mol. The van der Waals surface area contributed by atoms with E-state index in [4.69, 9.17) is 9.47 Å². The lowest BCUT2D eigenvalue weighted by molar-refractivity contribution is 0.0789. The van der Waals surface area contributed by atoms with Crippen LogP contribution in [0.2, 0.25) is 0 Å². The number of nitrogens with one attached hydrogen (secondary N) is 2. The lowest BCUT2D eigenvalue weighted by Crippen LogP contribution is -2.40.